The second kappa shape index (κ2) is 5.27. The summed E-state index contributed by atoms with van der Waals surface area (Å²) in [6.45, 7) is 0.779. The molecule has 2 aromatic carbocycles. The molecule has 0 aliphatic carbocycles. The van der Waals surface area contributed by atoms with Crippen molar-refractivity contribution in [1.29, 1.82) is 0 Å². The molecule has 19 heavy (non-hydrogen) atoms. The van der Waals surface area contributed by atoms with E-state index in [4.69, 9.17) is 11.6 Å². The Morgan fingerprint density at radius 3 is 2.84 bits per heavy atom. The van der Waals surface area contributed by atoms with Gasteiger partial charge in [-0.05, 0) is 63.3 Å². The van der Waals surface area contributed by atoms with Gasteiger partial charge in [0, 0.05) is 33.4 Å². The van der Waals surface area contributed by atoms with E-state index >= 15 is 0 Å². The maximum Gasteiger partial charge on any atom is 0.0488 e. The molecule has 0 saturated carbocycles. The highest BCUT2D eigenvalue weighted by Gasteiger charge is 2.01. The lowest BCUT2D eigenvalue weighted by atomic mass is 10.1. The van der Waals surface area contributed by atoms with Gasteiger partial charge in [-0.15, -0.1) is 0 Å². The van der Waals surface area contributed by atoms with E-state index in [-0.39, 0.29) is 0 Å². The molecule has 0 fully saturated rings. The average Bonchev–Trinajstić information content (AvgIpc) is 2.85. The third-order valence-corrected chi connectivity index (χ3v) is 3.92. The van der Waals surface area contributed by atoms with Crippen molar-refractivity contribution in [3.8, 4) is 0 Å². The topological polar surface area (TPSA) is 27.8 Å². The monoisotopic (exact) mass is 334 g/mol. The SMILES string of the molecule is Clc1ccc(NCc2ccc3[nH]ccc3c2)c(Br)c1. The highest BCUT2D eigenvalue weighted by atomic mass is 79.9. The van der Waals surface area contributed by atoms with E-state index in [0.29, 0.717) is 0 Å². The number of hydrogen-bond acceptors (Lipinski definition) is 1. The molecular formula is C15H12BrClN2. The third kappa shape index (κ3) is 2.77. The van der Waals surface area contributed by atoms with E-state index in [9.17, 15) is 0 Å². The van der Waals surface area contributed by atoms with E-state index < -0.39 is 0 Å². The van der Waals surface area contributed by atoms with Gasteiger partial charge in [-0.3, -0.25) is 0 Å². The zero-order valence-electron chi connectivity index (χ0n) is 10.1. The second-order valence-corrected chi connectivity index (χ2v) is 5.67. The minimum Gasteiger partial charge on any atom is -0.380 e. The van der Waals surface area contributed by atoms with E-state index in [2.05, 4.69) is 50.5 Å². The van der Waals surface area contributed by atoms with Crippen LogP contribution in [0.3, 0.4) is 0 Å². The first-order chi connectivity index (χ1) is 9.22. The summed E-state index contributed by atoms with van der Waals surface area (Å²) in [4.78, 5) is 3.19. The number of benzene rings is 2. The summed E-state index contributed by atoms with van der Waals surface area (Å²) in [6.07, 6.45) is 1.96. The molecule has 0 unspecified atom stereocenters. The summed E-state index contributed by atoms with van der Waals surface area (Å²) in [6, 6.07) is 14.2. The first kappa shape index (κ1) is 12.6. The first-order valence-corrected chi connectivity index (χ1v) is 7.14. The number of nitrogens with one attached hydrogen (secondary N) is 2. The molecule has 3 aromatic rings. The van der Waals surface area contributed by atoms with E-state index in [1.165, 1.54) is 10.9 Å². The molecule has 2 N–H and O–H groups in total. The van der Waals surface area contributed by atoms with Gasteiger partial charge in [0.25, 0.3) is 0 Å². The van der Waals surface area contributed by atoms with Gasteiger partial charge in [0.2, 0.25) is 0 Å². The maximum atomic E-state index is 5.93. The van der Waals surface area contributed by atoms with Crippen molar-refractivity contribution in [2.45, 2.75) is 6.54 Å². The standard InChI is InChI=1S/C15H12BrClN2/c16-13-8-12(17)2-4-15(13)19-9-10-1-3-14-11(7-10)5-6-18-14/h1-8,18-19H,9H2. The van der Waals surface area contributed by atoms with Gasteiger partial charge in [0.1, 0.15) is 0 Å². The molecule has 0 bridgehead atoms. The van der Waals surface area contributed by atoms with Crippen LogP contribution in [0.1, 0.15) is 5.56 Å². The summed E-state index contributed by atoms with van der Waals surface area (Å²) in [5.41, 5.74) is 3.45. The van der Waals surface area contributed by atoms with Crippen LogP contribution in [0.2, 0.25) is 5.02 Å². The van der Waals surface area contributed by atoms with Crippen LogP contribution in [0.5, 0.6) is 0 Å². The molecule has 0 amide bonds. The quantitative estimate of drug-likeness (QED) is 0.677. The largest absolute Gasteiger partial charge is 0.380 e. The third-order valence-electron chi connectivity index (χ3n) is 3.03. The number of aromatic nitrogens is 1. The lowest BCUT2D eigenvalue weighted by Crippen LogP contribution is -1.99. The Hall–Kier alpha value is -1.45. The molecule has 0 aliphatic rings. The molecule has 1 heterocycles. The predicted octanol–water partition coefficient (Wildman–Crippen LogP) is 5.20. The van der Waals surface area contributed by atoms with Crippen LogP contribution in [0.4, 0.5) is 5.69 Å². The smallest absolute Gasteiger partial charge is 0.0488 e. The minimum atomic E-state index is 0.728. The van der Waals surface area contributed by atoms with Gasteiger partial charge < -0.3 is 10.3 Å². The molecular weight excluding hydrogens is 324 g/mol. The minimum absolute atomic E-state index is 0.728. The first-order valence-electron chi connectivity index (χ1n) is 5.97. The summed E-state index contributed by atoms with van der Waals surface area (Å²) in [5, 5.41) is 5.36. The van der Waals surface area contributed by atoms with Crippen molar-refractivity contribution in [3.63, 3.8) is 0 Å². The zero-order valence-corrected chi connectivity index (χ0v) is 12.4. The molecule has 0 atom stereocenters. The van der Waals surface area contributed by atoms with Gasteiger partial charge in [0.15, 0.2) is 0 Å². The summed E-state index contributed by atoms with van der Waals surface area (Å²) in [7, 11) is 0. The lowest BCUT2D eigenvalue weighted by molar-refractivity contribution is 1.15. The number of rotatable bonds is 3. The number of fused-ring (bicyclic) bond motifs is 1. The van der Waals surface area contributed by atoms with Crippen LogP contribution in [0, 0.1) is 0 Å². The van der Waals surface area contributed by atoms with Crippen LogP contribution < -0.4 is 5.32 Å². The van der Waals surface area contributed by atoms with Crippen molar-refractivity contribution >= 4 is 44.1 Å². The molecule has 0 saturated heterocycles. The predicted molar refractivity (Wildman–Crippen MR) is 84.8 cm³/mol. The highest BCUT2D eigenvalue weighted by molar-refractivity contribution is 9.10. The molecule has 3 rings (SSSR count). The Bertz CT molecular complexity index is 721. The number of hydrogen-bond donors (Lipinski definition) is 2. The fraction of sp³-hybridized carbons (Fsp3) is 0.0667. The molecule has 0 aliphatic heterocycles. The number of anilines is 1. The average molecular weight is 336 g/mol. The fourth-order valence-electron chi connectivity index (χ4n) is 2.04. The normalized spacial score (nSPS) is 10.8. The van der Waals surface area contributed by atoms with Crippen molar-refractivity contribution in [1.82, 2.24) is 4.98 Å². The van der Waals surface area contributed by atoms with E-state index in [0.717, 1.165) is 27.2 Å². The van der Waals surface area contributed by atoms with Gasteiger partial charge in [-0.25, -0.2) is 0 Å². The molecule has 0 spiro atoms. The van der Waals surface area contributed by atoms with E-state index in [1.807, 2.05) is 24.4 Å². The Morgan fingerprint density at radius 2 is 2.00 bits per heavy atom. The molecule has 2 nitrogen and oxygen atoms in total. The number of H-pyrrole nitrogens is 1. The molecule has 4 heteroatoms. The van der Waals surface area contributed by atoms with Crippen LogP contribution in [0.15, 0.2) is 53.1 Å². The van der Waals surface area contributed by atoms with Crippen molar-refractivity contribution in [2.24, 2.45) is 0 Å². The van der Waals surface area contributed by atoms with E-state index in [1.54, 1.807) is 0 Å². The summed E-state index contributed by atoms with van der Waals surface area (Å²) < 4.78 is 0.975. The molecule has 0 radical (unpaired) electrons. The second-order valence-electron chi connectivity index (χ2n) is 4.38. The van der Waals surface area contributed by atoms with Crippen molar-refractivity contribution in [2.75, 3.05) is 5.32 Å². The Kier molecular flexibility index (Phi) is 3.49. The van der Waals surface area contributed by atoms with Gasteiger partial charge >= 0.3 is 0 Å². The Morgan fingerprint density at radius 1 is 1.11 bits per heavy atom. The molecule has 1 aromatic heterocycles. The lowest BCUT2D eigenvalue weighted by Gasteiger charge is -2.09. The van der Waals surface area contributed by atoms with Gasteiger partial charge in [0.05, 0.1) is 0 Å². The van der Waals surface area contributed by atoms with Crippen LogP contribution in [-0.2, 0) is 6.54 Å². The van der Waals surface area contributed by atoms with Crippen molar-refractivity contribution in [3.05, 3.63) is 63.7 Å². The summed E-state index contributed by atoms with van der Waals surface area (Å²) in [5.74, 6) is 0. The molecule has 96 valence electrons. The number of halogens is 2. The Balaban J connectivity index is 1.77. The fourth-order valence-corrected chi connectivity index (χ4v) is 2.87. The maximum absolute atomic E-state index is 5.93. The summed E-state index contributed by atoms with van der Waals surface area (Å²) >= 11 is 9.43. The van der Waals surface area contributed by atoms with Crippen LogP contribution >= 0.6 is 27.5 Å². The van der Waals surface area contributed by atoms with Crippen LogP contribution in [-0.4, -0.2) is 4.98 Å². The zero-order chi connectivity index (χ0) is 13.2. The number of aromatic amines is 1. The van der Waals surface area contributed by atoms with Crippen LogP contribution in [0.25, 0.3) is 10.9 Å². The highest BCUT2D eigenvalue weighted by Crippen LogP contribution is 2.26. The van der Waals surface area contributed by atoms with Gasteiger partial charge in [-0.2, -0.15) is 0 Å². The van der Waals surface area contributed by atoms with Crippen molar-refractivity contribution < 1.29 is 0 Å². The Labute approximate surface area is 124 Å². The van der Waals surface area contributed by atoms with Gasteiger partial charge in [-0.1, -0.05) is 17.7 Å².